The van der Waals surface area contributed by atoms with E-state index >= 15 is 0 Å². The largest absolute Gasteiger partial charge is 1.00 e. The van der Waals surface area contributed by atoms with Crippen LogP contribution in [0.2, 0.25) is 0 Å². The fourth-order valence-corrected chi connectivity index (χ4v) is 2.26. The summed E-state index contributed by atoms with van der Waals surface area (Å²) in [6, 6.07) is 15.1. The van der Waals surface area contributed by atoms with E-state index in [0.717, 1.165) is 17.7 Å². The van der Waals surface area contributed by atoms with Crippen LogP contribution in [0, 0.1) is 0 Å². The topological polar surface area (TPSA) is 8.81 Å². The van der Waals surface area contributed by atoms with E-state index in [1.54, 1.807) is 4.57 Å². The summed E-state index contributed by atoms with van der Waals surface area (Å²) < 4.78 is 41.4. The molecule has 2 nitrogen and oxygen atoms in total. The molecule has 0 atom stereocenters. The van der Waals surface area contributed by atoms with Gasteiger partial charge in [-0.15, -0.1) is 0 Å². The number of nitrogens with zero attached hydrogens (tertiary/aromatic N) is 2. The maximum atomic E-state index is 12.6. The number of benzene rings is 2. The Bertz CT molecular complexity index is 750. The Morgan fingerprint density at radius 3 is 2.17 bits per heavy atom. The van der Waals surface area contributed by atoms with Crippen LogP contribution in [-0.4, -0.2) is 4.57 Å². The van der Waals surface area contributed by atoms with Crippen molar-refractivity contribution in [1.82, 2.24) is 4.57 Å². The summed E-state index contributed by atoms with van der Waals surface area (Å²) in [5, 5.41) is 0. The molecule has 2 aromatic carbocycles. The van der Waals surface area contributed by atoms with Crippen LogP contribution in [0.3, 0.4) is 0 Å². The van der Waals surface area contributed by atoms with E-state index in [-0.39, 0.29) is 12.4 Å². The molecule has 23 heavy (non-hydrogen) atoms. The van der Waals surface area contributed by atoms with E-state index in [9.17, 15) is 13.2 Å². The minimum absolute atomic E-state index is 0. The van der Waals surface area contributed by atoms with Gasteiger partial charge in [0.2, 0.25) is 6.33 Å². The molecule has 0 aliphatic rings. The second-order valence-corrected chi connectivity index (χ2v) is 5.02. The van der Waals surface area contributed by atoms with Crippen LogP contribution in [0.1, 0.15) is 11.1 Å². The number of imidazole rings is 1. The quantitative estimate of drug-likeness (QED) is 0.626. The SMILES string of the molecule is FC(F)(F)c1ccc(-n2cc[n+](Cc3ccccc3)c2)cc1.[Cl-]. The predicted molar refractivity (Wildman–Crippen MR) is 76.5 cm³/mol. The molecule has 0 amide bonds. The van der Waals surface area contributed by atoms with Crippen molar-refractivity contribution in [2.24, 2.45) is 0 Å². The van der Waals surface area contributed by atoms with Crippen molar-refractivity contribution in [2.75, 3.05) is 0 Å². The number of hydrogen-bond acceptors (Lipinski definition) is 0. The third-order valence-corrected chi connectivity index (χ3v) is 3.39. The molecule has 0 saturated heterocycles. The van der Waals surface area contributed by atoms with E-state index in [0.29, 0.717) is 12.2 Å². The van der Waals surface area contributed by atoms with Crippen LogP contribution in [-0.2, 0) is 12.7 Å². The molecule has 6 heteroatoms. The Morgan fingerprint density at radius 1 is 0.913 bits per heavy atom. The Morgan fingerprint density at radius 2 is 1.57 bits per heavy atom. The van der Waals surface area contributed by atoms with E-state index in [4.69, 9.17) is 0 Å². The maximum Gasteiger partial charge on any atom is 0.416 e. The van der Waals surface area contributed by atoms with Gasteiger partial charge in [0.25, 0.3) is 0 Å². The summed E-state index contributed by atoms with van der Waals surface area (Å²) in [6.07, 6.45) is 1.27. The zero-order valence-corrected chi connectivity index (χ0v) is 12.8. The van der Waals surface area contributed by atoms with Crippen molar-refractivity contribution in [3.05, 3.63) is 84.4 Å². The molecular weight excluding hydrogens is 325 g/mol. The summed E-state index contributed by atoms with van der Waals surface area (Å²) in [5.74, 6) is 0. The molecule has 0 bridgehead atoms. The van der Waals surface area contributed by atoms with Crippen LogP contribution < -0.4 is 17.0 Å². The molecule has 0 saturated carbocycles. The highest BCUT2D eigenvalue weighted by Crippen LogP contribution is 2.29. The summed E-state index contributed by atoms with van der Waals surface area (Å²) in [5.41, 5.74) is 1.22. The van der Waals surface area contributed by atoms with Crippen LogP contribution in [0.15, 0.2) is 73.3 Å². The third kappa shape index (κ3) is 4.13. The Kier molecular flexibility index (Phi) is 5.11. The highest BCUT2D eigenvalue weighted by Gasteiger charge is 2.30. The van der Waals surface area contributed by atoms with Gasteiger partial charge < -0.3 is 12.4 Å². The number of halogens is 4. The molecular formula is C17H14ClF3N2. The van der Waals surface area contributed by atoms with Crippen molar-refractivity contribution in [1.29, 1.82) is 0 Å². The Labute approximate surface area is 138 Å². The lowest BCUT2D eigenvalue weighted by atomic mass is 10.2. The average molecular weight is 339 g/mol. The first-order valence-corrected chi connectivity index (χ1v) is 6.81. The standard InChI is InChI=1S/C17H14F3N2.ClH/c18-17(19,20)15-6-8-16(9-7-15)22-11-10-21(13-22)12-14-4-2-1-3-5-14;/h1-11,13H,12H2;1H/q+1;/p-1. The summed E-state index contributed by atoms with van der Waals surface area (Å²) in [7, 11) is 0. The van der Waals surface area contributed by atoms with E-state index in [1.165, 1.54) is 12.1 Å². The first-order valence-electron chi connectivity index (χ1n) is 6.81. The van der Waals surface area contributed by atoms with Crippen molar-refractivity contribution >= 4 is 0 Å². The van der Waals surface area contributed by atoms with E-state index < -0.39 is 11.7 Å². The molecule has 0 aliphatic heterocycles. The predicted octanol–water partition coefficient (Wildman–Crippen LogP) is 0.836. The minimum atomic E-state index is -4.30. The molecule has 0 unspecified atom stereocenters. The molecule has 0 N–H and O–H groups in total. The van der Waals surface area contributed by atoms with E-state index in [1.807, 2.05) is 53.6 Å². The van der Waals surface area contributed by atoms with Gasteiger partial charge >= 0.3 is 6.18 Å². The second-order valence-electron chi connectivity index (χ2n) is 5.02. The molecule has 3 rings (SSSR count). The van der Waals surface area contributed by atoms with Gasteiger partial charge in [-0.2, -0.15) is 13.2 Å². The van der Waals surface area contributed by atoms with Gasteiger partial charge in [-0.3, -0.25) is 0 Å². The zero-order chi connectivity index (χ0) is 15.6. The minimum Gasteiger partial charge on any atom is -1.00 e. The number of aromatic nitrogens is 2. The summed E-state index contributed by atoms with van der Waals surface area (Å²) in [6.45, 7) is 0.717. The van der Waals surface area contributed by atoms with Crippen LogP contribution in [0.4, 0.5) is 13.2 Å². The highest BCUT2D eigenvalue weighted by molar-refractivity contribution is 5.35. The highest BCUT2D eigenvalue weighted by atomic mass is 35.5. The summed E-state index contributed by atoms with van der Waals surface area (Å²) >= 11 is 0. The molecule has 0 aliphatic carbocycles. The zero-order valence-electron chi connectivity index (χ0n) is 12.0. The molecule has 1 heterocycles. The van der Waals surface area contributed by atoms with Gasteiger partial charge in [-0.1, -0.05) is 30.3 Å². The van der Waals surface area contributed by atoms with Crippen molar-refractivity contribution in [3.63, 3.8) is 0 Å². The first-order chi connectivity index (χ1) is 10.5. The molecule has 0 fully saturated rings. The molecule has 120 valence electrons. The lowest BCUT2D eigenvalue weighted by Crippen LogP contribution is -3.00. The molecule has 0 spiro atoms. The average Bonchev–Trinajstić information content (AvgIpc) is 2.96. The fourth-order valence-electron chi connectivity index (χ4n) is 2.26. The molecule has 0 radical (unpaired) electrons. The van der Waals surface area contributed by atoms with Gasteiger partial charge in [-0.25, -0.2) is 9.13 Å². The second kappa shape index (κ2) is 6.87. The molecule has 3 aromatic rings. The summed E-state index contributed by atoms with van der Waals surface area (Å²) in [4.78, 5) is 0. The first kappa shape index (κ1) is 17.1. The van der Waals surface area contributed by atoms with Crippen molar-refractivity contribution < 1.29 is 30.1 Å². The lowest BCUT2D eigenvalue weighted by Gasteiger charge is -2.05. The van der Waals surface area contributed by atoms with Crippen LogP contribution >= 0.6 is 0 Å². The van der Waals surface area contributed by atoms with Crippen molar-refractivity contribution in [3.8, 4) is 5.69 Å². The van der Waals surface area contributed by atoms with Crippen LogP contribution in [0.25, 0.3) is 5.69 Å². The van der Waals surface area contributed by atoms with Crippen molar-refractivity contribution in [2.45, 2.75) is 12.7 Å². The third-order valence-electron chi connectivity index (χ3n) is 3.39. The Balaban J connectivity index is 0.00000192. The van der Waals surface area contributed by atoms with Gasteiger partial charge in [-0.05, 0) is 29.8 Å². The van der Waals surface area contributed by atoms with Gasteiger partial charge in [0.15, 0.2) is 0 Å². The number of hydrogen-bond donors (Lipinski definition) is 0. The monoisotopic (exact) mass is 338 g/mol. The number of rotatable bonds is 3. The molecule has 1 aromatic heterocycles. The van der Waals surface area contributed by atoms with E-state index in [2.05, 4.69) is 0 Å². The van der Waals surface area contributed by atoms with Gasteiger partial charge in [0.05, 0.1) is 5.56 Å². The lowest BCUT2D eigenvalue weighted by molar-refractivity contribution is -0.687. The normalized spacial score (nSPS) is 11.1. The van der Waals surface area contributed by atoms with Gasteiger partial charge in [0.1, 0.15) is 24.6 Å². The fraction of sp³-hybridized carbons (Fsp3) is 0.118. The maximum absolute atomic E-state index is 12.6. The Hall–Kier alpha value is -2.27. The van der Waals surface area contributed by atoms with Gasteiger partial charge in [0, 0.05) is 0 Å². The number of alkyl halides is 3. The van der Waals surface area contributed by atoms with Crippen LogP contribution in [0.5, 0.6) is 0 Å². The smallest absolute Gasteiger partial charge is 0.416 e.